The summed E-state index contributed by atoms with van der Waals surface area (Å²) in [5.41, 5.74) is 1.20. The smallest absolute Gasteiger partial charge is 0.172 e. The average molecular weight is 346 g/mol. The van der Waals surface area contributed by atoms with Crippen LogP contribution < -0.4 is 10.1 Å². The third kappa shape index (κ3) is 5.31. The van der Waals surface area contributed by atoms with Crippen LogP contribution in [0.25, 0.3) is 0 Å². The van der Waals surface area contributed by atoms with Crippen molar-refractivity contribution in [3.05, 3.63) is 22.2 Å². The van der Waals surface area contributed by atoms with Crippen LogP contribution in [0.4, 0.5) is 0 Å². The third-order valence-corrected chi connectivity index (χ3v) is 3.86. The van der Waals surface area contributed by atoms with Crippen molar-refractivity contribution >= 4 is 15.9 Å². The molecule has 0 saturated heterocycles. The van der Waals surface area contributed by atoms with Gasteiger partial charge in [0, 0.05) is 19.7 Å². The van der Waals surface area contributed by atoms with Gasteiger partial charge >= 0.3 is 0 Å². The van der Waals surface area contributed by atoms with Gasteiger partial charge in [-0.05, 0) is 51.9 Å². The Bertz CT molecular complexity index is 435. The molecule has 1 rings (SSSR count). The molecule has 1 aromatic carbocycles. The number of nitrogens with one attached hydrogen (secondary N) is 1. The van der Waals surface area contributed by atoms with Crippen molar-refractivity contribution in [1.29, 1.82) is 0 Å². The van der Waals surface area contributed by atoms with E-state index in [-0.39, 0.29) is 17.8 Å². The van der Waals surface area contributed by atoms with Crippen LogP contribution >= 0.6 is 15.9 Å². The molecule has 0 bridgehead atoms. The van der Waals surface area contributed by atoms with Crippen molar-refractivity contribution in [2.45, 2.75) is 33.2 Å². The Kier molecular flexibility index (Phi) is 6.79. The molecule has 0 amide bonds. The Balaban J connectivity index is 2.56. The topological polar surface area (TPSA) is 61.7 Å². The van der Waals surface area contributed by atoms with Gasteiger partial charge in [0.2, 0.25) is 0 Å². The highest BCUT2D eigenvalue weighted by atomic mass is 79.9. The lowest BCUT2D eigenvalue weighted by Crippen LogP contribution is -2.29. The monoisotopic (exact) mass is 345 g/mol. The number of methoxy groups -OCH3 is 1. The highest BCUT2D eigenvalue weighted by molar-refractivity contribution is 9.10. The minimum Gasteiger partial charge on any atom is -0.503 e. The highest BCUT2D eigenvalue weighted by Gasteiger charge is 2.17. The predicted octanol–water partition coefficient (Wildman–Crippen LogP) is 3.05. The standard InChI is InChI=1S/C15H24BrNO3/c1-15(2,5-4-6-18)10-17-9-11-7-12(16)14(19)13(8-11)20-3/h7-8,17-19H,4-6,9-10H2,1-3H3. The van der Waals surface area contributed by atoms with Gasteiger partial charge in [-0.2, -0.15) is 0 Å². The van der Waals surface area contributed by atoms with Crippen LogP contribution in [0.1, 0.15) is 32.3 Å². The van der Waals surface area contributed by atoms with E-state index in [2.05, 4.69) is 35.1 Å². The maximum atomic E-state index is 9.76. The first-order chi connectivity index (χ1) is 9.39. The maximum absolute atomic E-state index is 9.76. The number of benzene rings is 1. The third-order valence-electron chi connectivity index (χ3n) is 3.25. The van der Waals surface area contributed by atoms with Crippen molar-refractivity contribution in [3.63, 3.8) is 0 Å². The van der Waals surface area contributed by atoms with E-state index in [1.807, 2.05) is 12.1 Å². The van der Waals surface area contributed by atoms with E-state index in [1.165, 1.54) is 7.11 Å². The van der Waals surface area contributed by atoms with Crippen molar-refractivity contribution in [2.24, 2.45) is 5.41 Å². The molecule has 0 aliphatic heterocycles. The molecule has 20 heavy (non-hydrogen) atoms. The minimum absolute atomic E-state index is 0.125. The van der Waals surface area contributed by atoms with E-state index in [4.69, 9.17) is 9.84 Å². The van der Waals surface area contributed by atoms with Crippen LogP contribution in [-0.2, 0) is 6.54 Å². The zero-order valence-electron chi connectivity index (χ0n) is 12.4. The van der Waals surface area contributed by atoms with Crippen LogP contribution in [0.2, 0.25) is 0 Å². The molecule has 0 saturated carbocycles. The quantitative estimate of drug-likeness (QED) is 0.677. The lowest BCUT2D eigenvalue weighted by Gasteiger charge is -2.24. The molecule has 0 fully saturated rings. The summed E-state index contributed by atoms with van der Waals surface area (Å²) >= 11 is 3.32. The molecule has 0 atom stereocenters. The highest BCUT2D eigenvalue weighted by Crippen LogP contribution is 2.35. The van der Waals surface area contributed by atoms with Gasteiger partial charge in [-0.15, -0.1) is 0 Å². The SMILES string of the molecule is COc1cc(CNCC(C)(C)CCCO)cc(Br)c1O. The number of phenolic OH excluding ortho intramolecular Hbond substituents is 1. The molecule has 0 aliphatic rings. The van der Waals surface area contributed by atoms with Crippen molar-refractivity contribution < 1.29 is 14.9 Å². The first kappa shape index (κ1) is 17.3. The Hall–Kier alpha value is -0.780. The van der Waals surface area contributed by atoms with Crippen LogP contribution in [-0.4, -0.2) is 30.5 Å². The summed E-state index contributed by atoms with van der Waals surface area (Å²) in [6.07, 6.45) is 1.81. The molecule has 5 heteroatoms. The van der Waals surface area contributed by atoms with Gasteiger partial charge < -0.3 is 20.3 Å². The summed E-state index contributed by atoms with van der Waals surface area (Å²) in [6.45, 7) is 6.18. The van der Waals surface area contributed by atoms with Gasteiger partial charge in [-0.25, -0.2) is 0 Å². The lowest BCUT2D eigenvalue weighted by atomic mass is 9.88. The lowest BCUT2D eigenvalue weighted by molar-refractivity contribution is 0.236. The Labute approximate surface area is 129 Å². The summed E-state index contributed by atoms with van der Waals surface area (Å²) in [6, 6.07) is 3.71. The number of aliphatic hydroxyl groups excluding tert-OH is 1. The molecular formula is C15H24BrNO3. The van der Waals surface area contributed by atoms with Crippen LogP contribution in [0.15, 0.2) is 16.6 Å². The largest absolute Gasteiger partial charge is 0.503 e. The van der Waals surface area contributed by atoms with E-state index >= 15 is 0 Å². The summed E-state index contributed by atoms with van der Waals surface area (Å²) < 4.78 is 5.76. The molecule has 0 heterocycles. The van der Waals surface area contributed by atoms with Crippen LogP contribution in [0, 0.1) is 5.41 Å². The predicted molar refractivity (Wildman–Crippen MR) is 84.2 cm³/mol. The zero-order valence-corrected chi connectivity index (χ0v) is 14.0. The molecule has 3 N–H and O–H groups in total. The second-order valence-corrected chi connectivity index (χ2v) is 6.58. The fraction of sp³-hybridized carbons (Fsp3) is 0.600. The van der Waals surface area contributed by atoms with E-state index in [9.17, 15) is 5.11 Å². The number of aromatic hydroxyl groups is 1. The average Bonchev–Trinajstić information content (AvgIpc) is 2.40. The Morgan fingerprint density at radius 1 is 1.35 bits per heavy atom. The fourth-order valence-corrected chi connectivity index (χ4v) is 2.57. The van der Waals surface area contributed by atoms with E-state index in [0.29, 0.717) is 16.8 Å². The molecule has 4 nitrogen and oxygen atoms in total. The first-order valence-corrected chi connectivity index (χ1v) is 7.56. The molecule has 0 aliphatic carbocycles. The zero-order chi connectivity index (χ0) is 15.2. The maximum Gasteiger partial charge on any atom is 0.172 e. The van der Waals surface area contributed by atoms with Crippen molar-refractivity contribution in [3.8, 4) is 11.5 Å². The van der Waals surface area contributed by atoms with Gasteiger partial charge in [0.05, 0.1) is 11.6 Å². The fourth-order valence-electron chi connectivity index (χ4n) is 2.08. The number of rotatable bonds is 8. The summed E-state index contributed by atoms with van der Waals surface area (Å²) in [5, 5.41) is 22.1. The molecule has 0 unspecified atom stereocenters. The second kappa shape index (κ2) is 7.86. The van der Waals surface area contributed by atoms with E-state index in [1.54, 1.807) is 0 Å². The van der Waals surface area contributed by atoms with E-state index < -0.39 is 0 Å². The number of ether oxygens (including phenoxy) is 1. The van der Waals surface area contributed by atoms with Crippen molar-refractivity contribution in [2.75, 3.05) is 20.3 Å². The second-order valence-electron chi connectivity index (χ2n) is 5.72. The first-order valence-electron chi connectivity index (χ1n) is 6.76. The number of aliphatic hydroxyl groups is 1. The number of phenols is 1. The van der Waals surface area contributed by atoms with Gasteiger partial charge in [0.25, 0.3) is 0 Å². The van der Waals surface area contributed by atoms with Crippen LogP contribution in [0.5, 0.6) is 11.5 Å². The van der Waals surface area contributed by atoms with Gasteiger partial charge in [-0.1, -0.05) is 13.8 Å². The molecule has 0 radical (unpaired) electrons. The molecular weight excluding hydrogens is 322 g/mol. The van der Waals surface area contributed by atoms with Crippen molar-refractivity contribution in [1.82, 2.24) is 5.32 Å². The van der Waals surface area contributed by atoms with Gasteiger partial charge in [0.15, 0.2) is 11.5 Å². The number of hydrogen-bond donors (Lipinski definition) is 3. The van der Waals surface area contributed by atoms with Gasteiger partial charge in [0.1, 0.15) is 0 Å². The summed E-state index contributed by atoms with van der Waals surface area (Å²) in [5.74, 6) is 0.593. The number of halogens is 1. The van der Waals surface area contributed by atoms with Crippen LogP contribution in [0.3, 0.4) is 0 Å². The molecule has 1 aromatic rings. The summed E-state index contributed by atoms with van der Waals surface area (Å²) in [4.78, 5) is 0. The van der Waals surface area contributed by atoms with E-state index in [0.717, 1.165) is 24.9 Å². The molecule has 0 aromatic heterocycles. The molecule has 114 valence electrons. The Morgan fingerprint density at radius 3 is 2.65 bits per heavy atom. The van der Waals surface area contributed by atoms with Gasteiger partial charge in [-0.3, -0.25) is 0 Å². The normalized spacial score (nSPS) is 11.7. The molecule has 0 spiro atoms. The minimum atomic E-state index is 0.125. The Morgan fingerprint density at radius 2 is 2.05 bits per heavy atom. The summed E-state index contributed by atoms with van der Waals surface area (Å²) in [7, 11) is 1.54. The number of hydrogen-bond acceptors (Lipinski definition) is 4.